The quantitative estimate of drug-likeness (QED) is 0.623. The minimum absolute atomic E-state index is 0.645. The molecule has 0 amide bonds. The van der Waals surface area contributed by atoms with Crippen LogP contribution in [0.2, 0.25) is 0 Å². The molecule has 1 aliphatic heterocycles. The highest BCUT2D eigenvalue weighted by molar-refractivity contribution is 4.83. The third-order valence-electron chi connectivity index (χ3n) is 2.33. The lowest BCUT2D eigenvalue weighted by Gasteiger charge is -2.32. The fourth-order valence-electron chi connectivity index (χ4n) is 1.67. The van der Waals surface area contributed by atoms with E-state index >= 15 is 0 Å². The van der Waals surface area contributed by atoms with E-state index in [1.807, 2.05) is 0 Å². The molecule has 11 heavy (non-hydrogen) atoms. The van der Waals surface area contributed by atoms with E-state index < -0.39 is 0 Å². The van der Waals surface area contributed by atoms with Crippen molar-refractivity contribution in [2.75, 3.05) is 13.1 Å². The van der Waals surface area contributed by atoms with Crippen molar-refractivity contribution in [3.8, 4) is 0 Å². The molecule has 0 bridgehead atoms. The molecule has 1 fully saturated rings. The lowest BCUT2D eigenvalue weighted by atomic mass is 9.97. The van der Waals surface area contributed by atoms with Crippen LogP contribution in [0.3, 0.4) is 0 Å². The molecule has 2 atom stereocenters. The average Bonchev–Trinajstić information content (AvgIpc) is 1.93. The molecule has 0 spiro atoms. The number of hydrogen-bond acceptors (Lipinski definition) is 2. The third-order valence-corrected chi connectivity index (χ3v) is 2.33. The standard InChI is InChI=1S/C9H20N2/c1-7(2)6-9-8(3)10-4-5-11-9/h7-11H,4-6H2,1-3H3. The number of piperazine rings is 1. The molecule has 2 nitrogen and oxygen atoms in total. The fraction of sp³-hybridized carbons (Fsp3) is 1.00. The lowest BCUT2D eigenvalue weighted by Crippen LogP contribution is -2.54. The molecule has 1 rings (SSSR count). The van der Waals surface area contributed by atoms with Crippen molar-refractivity contribution in [2.24, 2.45) is 5.92 Å². The van der Waals surface area contributed by atoms with Crippen LogP contribution in [-0.2, 0) is 0 Å². The molecule has 0 aromatic heterocycles. The summed E-state index contributed by atoms with van der Waals surface area (Å²) >= 11 is 0. The molecule has 0 saturated carbocycles. The van der Waals surface area contributed by atoms with E-state index in [1.165, 1.54) is 6.42 Å². The Morgan fingerprint density at radius 3 is 2.45 bits per heavy atom. The first-order valence-corrected chi connectivity index (χ1v) is 4.67. The highest BCUT2D eigenvalue weighted by atomic mass is 15.1. The second-order valence-corrected chi connectivity index (χ2v) is 3.93. The predicted octanol–water partition coefficient (Wildman–Crippen LogP) is 0.982. The zero-order valence-electron chi connectivity index (χ0n) is 7.85. The summed E-state index contributed by atoms with van der Waals surface area (Å²) in [5.41, 5.74) is 0. The van der Waals surface area contributed by atoms with Gasteiger partial charge in [0, 0.05) is 25.2 Å². The van der Waals surface area contributed by atoms with Gasteiger partial charge in [0.05, 0.1) is 0 Å². The van der Waals surface area contributed by atoms with Gasteiger partial charge in [-0.2, -0.15) is 0 Å². The zero-order valence-corrected chi connectivity index (χ0v) is 7.85. The zero-order chi connectivity index (χ0) is 8.27. The van der Waals surface area contributed by atoms with Crippen LogP contribution < -0.4 is 10.6 Å². The van der Waals surface area contributed by atoms with Crippen molar-refractivity contribution in [1.82, 2.24) is 10.6 Å². The van der Waals surface area contributed by atoms with Gasteiger partial charge in [-0.15, -0.1) is 0 Å². The van der Waals surface area contributed by atoms with Gasteiger partial charge < -0.3 is 10.6 Å². The summed E-state index contributed by atoms with van der Waals surface area (Å²) in [5, 5.41) is 7.01. The molecule has 2 heteroatoms. The Balaban J connectivity index is 2.29. The van der Waals surface area contributed by atoms with Crippen LogP contribution in [0.1, 0.15) is 27.2 Å². The highest BCUT2D eigenvalue weighted by Gasteiger charge is 2.20. The highest BCUT2D eigenvalue weighted by Crippen LogP contribution is 2.09. The Morgan fingerprint density at radius 1 is 1.27 bits per heavy atom. The number of rotatable bonds is 2. The molecule has 1 heterocycles. The van der Waals surface area contributed by atoms with Crippen molar-refractivity contribution in [2.45, 2.75) is 39.3 Å². The van der Waals surface area contributed by atoms with Crippen LogP contribution in [-0.4, -0.2) is 25.2 Å². The van der Waals surface area contributed by atoms with Gasteiger partial charge in [-0.25, -0.2) is 0 Å². The number of nitrogens with one attached hydrogen (secondary N) is 2. The minimum Gasteiger partial charge on any atom is -0.311 e. The van der Waals surface area contributed by atoms with E-state index in [4.69, 9.17) is 0 Å². The summed E-state index contributed by atoms with van der Waals surface area (Å²) in [5.74, 6) is 0.801. The van der Waals surface area contributed by atoms with Crippen LogP contribution in [0.5, 0.6) is 0 Å². The second kappa shape index (κ2) is 4.07. The summed E-state index contributed by atoms with van der Waals surface area (Å²) in [4.78, 5) is 0. The van der Waals surface area contributed by atoms with E-state index in [2.05, 4.69) is 31.4 Å². The van der Waals surface area contributed by atoms with Gasteiger partial charge in [-0.05, 0) is 19.3 Å². The Labute approximate surface area is 69.8 Å². The van der Waals surface area contributed by atoms with Gasteiger partial charge >= 0.3 is 0 Å². The number of hydrogen-bond donors (Lipinski definition) is 2. The van der Waals surface area contributed by atoms with Crippen LogP contribution in [0.25, 0.3) is 0 Å². The lowest BCUT2D eigenvalue weighted by molar-refractivity contribution is 0.298. The molecule has 0 aliphatic carbocycles. The van der Waals surface area contributed by atoms with Crippen LogP contribution in [0, 0.1) is 5.92 Å². The molecule has 0 aromatic rings. The SMILES string of the molecule is CC(C)CC1NCCNC1C. The molecule has 0 aromatic carbocycles. The molecule has 66 valence electrons. The summed E-state index contributed by atoms with van der Waals surface area (Å²) in [6.07, 6.45) is 1.29. The van der Waals surface area contributed by atoms with Gasteiger partial charge in [-0.1, -0.05) is 13.8 Å². The summed E-state index contributed by atoms with van der Waals surface area (Å²) in [6, 6.07) is 1.33. The van der Waals surface area contributed by atoms with E-state index in [9.17, 15) is 0 Å². The minimum atomic E-state index is 0.645. The molecule has 1 saturated heterocycles. The predicted molar refractivity (Wildman–Crippen MR) is 48.7 cm³/mol. The van der Waals surface area contributed by atoms with Gasteiger partial charge in [0.1, 0.15) is 0 Å². The van der Waals surface area contributed by atoms with Crippen molar-refractivity contribution >= 4 is 0 Å². The smallest absolute Gasteiger partial charge is 0.0221 e. The Bertz CT molecular complexity index is 112. The Morgan fingerprint density at radius 2 is 1.91 bits per heavy atom. The van der Waals surface area contributed by atoms with Crippen LogP contribution in [0.4, 0.5) is 0 Å². The van der Waals surface area contributed by atoms with E-state index in [0.717, 1.165) is 19.0 Å². The van der Waals surface area contributed by atoms with Gasteiger partial charge in [-0.3, -0.25) is 0 Å². The van der Waals surface area contributed by atoms with E-state index in [0.29, 0.717) is 12.1 Å². The summed E-state index contributed by atoms with van der Waals surface area (Å²) in [7, 11) is 0. The van der Waals surface area contributed by atoms with Crippen LogP contribution in [0.15, 0.2) is 0 Å². The first kappa shape index (κ1) is 9.01. The maximum Gasteiger partial charge on any atom is 0.0221 e. The normalized spacial score (nSPS) is 32.7. The van der Waals surface area contributed by atoms with Crippen molar-refractivity contribution < 1.29 is 0 Å². The molecule has 0 radical (unpaired) electrons. The maximum atomic E-state index is 3.54. The molecule has 2 N–H and O–H groups in total. The molecule has 2 unspecified atom stereocenters. The molecular formula is C9H20N2. The largest absolute Gasteiger partial charge is 0.311 e. The maximum absolute atomic E-state index is 3.54. The first-order chi connectivity index (χ1) is 5.20. The van der Waals surface area contributed by atoms with Crippen LogP contribution >= 0.6 is 0 Å². The van der Waals surface area contributed by atoms with E-state index in [1.54, 1.807) is 0 Å². The third kappa shape index (κ3) is 2.80. The topological polar surface area (TPSA) is 24.1 Å². The first-order valence-electron chi connectivity index (χ1n) is 4.67. The van der Waals surface area contributed by atoms with Crippen molar-refractivity contribution in [3.05, 3.63) is 0 Å². The second-order valence-electron chi connectivity index (χ2n) is 3.93. The average molecular weight is 156 g/mol. The van der Waals surface area contributed by atoms with Gasteiger partial charge in [0.25, 0.3) is 0 Å². The van der Waals surface area contributed by atoms with Gasteiger partial charge in [0.15, 0.2) is 0 Å². The molecule has 1 aliphatic rings. The summed E-state index contributed by atoms with van der Waals surface area (Å²) in [6.45, 7) is 9.07. The molecular weight excluding hydrogens is 136 g/mol. The Kier molecular flexibility index (Phi) is 3.34. The van der Waals surface area contributed by atoms with Crippen molar-refractivity contribution in [1.29, 1.82) is 0 Å². The van der Waals surface area contributed by atoms with Gasteiger partial charge in [0.2, 0.25) is 0 Å². The Hall–Kier alpha value is -0.0800. The summed E-state index contributed by atoms with van der Waals surface area (Å²) < 4.78 is 0. The van der Waals surface area contributed by atoms with Crippen molar-refractivity contribution in [3.63, 3.8) is 0 Å². The van der Waals surface area contributed by atoms with E-state index in [-0.39, 0.29) is 0 Å². The fourth-order valence-corrected chi connectivity index (χ4v) is 1.67. The monoisotopic (exact) mass is 156 g/mol.